The number of benzene rings is 1. The van der Waals surface area contributed by atoms with Crippen LogP contribution in [0.2, 0.25) is 16.6 Å². The monoisotopic (exact) mass is 718 g/mol. The lowest BCUT2D eigenvalue weighted by Gasteiger charge is -2.46. The van der Waals surface area contributed by atoms with E-state index in [1.54, 1.807) is 18.2 Å². The fourth-order valence-electron chi connectivity index (χ4n) is 9.69. The molecule has 2 spiro atoms. The second kappa shape index (κ2) is 13.4. The molecule has 7 rings (SSSR count). The van der Waals surface area contributed by atoms with Gasteiger partial charge < -0.3 is 38.0 Å². The van der Waals surface area contributed by atoms with Gasteiger partial charge in [0, 0.05) is 34.5 Å². The number of ketones is 2. The van der Waals surface area contributed by atoms with Crippen molar-refractivity contribution >= 4 is 19.9 Å². The van der Waals surface area contributed by atoms with Gasteiger partial charge in [-0.05, 0) is 66.3 Å². The summed E-state index contributed by atoms with van der Waals surface area (Å²) in [4.78, 5) is 27.9. The van der Waals surface area contributed by atoms with Gasteiger partial charge in [-0.25, -0.2) is 0 Å². The van der Waals surface area contributed by atoms with Crippen LogP contribution in [-0.2, 0) is 38.7 Å². The highest BCUT2D eigenvalue weighted by atomic mass is 28.4. The van der Waals surface area contributed by atoms with Crippen LogP contribution < -0.4 is 4.74 Å². The average molecular weight is 719 g/mol. The SMILES string of the molecule is COc1cccc2c1C1(OCCO1)C(C1=CC(=O)C3=CC4=C([C@H](C)OC(CCO[Si](C(C)C)(C(C)C)C(C)C)C4)C4(OCCO4)C3=C1O)=CC2=O. The largest absolute Gasteiger partial charge is 0.507 e. The molecular formula is C40H50O10Si. The predicted octanol–water partition coefficient (Wildman–Crippen LogP) is 7.08. The fourth-order valence-corrected chi connectivity index (χ4v) is 15.2. The molecule has 11 heteroatoms. The Morgan fingerprint density at radius 1 is 0.863 bits per heavy atom. The summed E-state index contributed by atoms with van der Waals surface area (Å²) in [7, 11) is -0.538. The van der Waals surface area contributed by atoms with Gasteiger partial charge in [0.15, 0.2) is 19.9 Å². The molecule has 2 saturated heterocycles. The van der Waals surface area contributed by atoms with Crippen LogP contribution >= 0.6 is 0 Å². The summed E-state index contributed by atoms with van der Waals surface area (Å²) >= 11 is 0. The number of aliphatic hydroxyl groups is 1. The maximum atomic E-state index is 14.2. The lowest BCUT2D eigenvalue weighted by Crippen LogP contribution is -2.49. The van der Waals surface area contributed by atoms with Crippen molar-refractivity contribution in [1.29, 1.82) is 0 Å². The lowest BCUT2D eigenvalue weighted by atomic mass is 9.71. The number of hydrogen-bond donors (Lipinski definition) is 1. The van der Waals surface area contributed by atoms with Crippen molar-refractivity contribution in [3.05, 3.63) is 86.8 Å². The highest BCUT2D eigenvalue weighted by molar-refractivity contribution is 6.77. The summed E-state index contributed by atoms with van der Waals surface area (Å²) in [5, 5.41) is 12.3. The van der Waals surface area contributed by atoms with Gasteiger partial charge in [0.25, 0.3) is 0 Å². The molecule has 2 fully saturated rings. The quantitative estimate of drug-likeness (QED) is 0.266. The van der Waals surface area contributed by atoms with Gasteiger partial charge in [0.2, 0.25) is 11.6 Å². The Balaban J connectivity index is 1.25. The summed E-state index contributed by atoms with van der Waals surface area (Å²) in [5.74, 6) is -3.66. The molecule has 0 saturated carbocycles. The molecule has 1 unspecified atom stereocenters. The third-order valence-corrected chi connectivity index (χ3v) is 17.7. The molecule has 0 aromatic heterocycles. The first-order valence-electron chi connectivity index (χ1n) is 18.3. The first-order chi connectivity index (χ1) is 24.3. The summed E-state index contributed by atoms with van der Waals surface area (Å²) < 4.78 is 44.6. The smallest absolute Gasteiger partial charge is 0.227 e. The van der Waals surface area contributed by atoms with Crippen molar-refractivity contribution in [1.82, 2.24) is 0 Å². The van der Waals surface area contributed by atoms with E-state index < -0.39 is 26.0 Å². The highest BCUT2D eigenvalue weighted by Crippen LogP contribution is 2.56. The number of ether oxygens (including phenoxy) is 6. The van der Waals surface area contributed by atoms with Crippen LogP contribution in [-0.4, -0.2) is 83.1 Å². The average Bonchev–Trinajstić information content (AvgIpc) is 3.77. The summed E-state index contributed by atoms with van der Waals surface area (Å²) in [6.45, 7) is 17.2. The topological polar surface area (TPSA) is 119 Å². The molecule has 3 aliphatic carbocycles. The first kappa shape index (κ1) is 36.2. The van der Waals surface area contributed by atoms with Crippen molar-refractivity contribution in [3.8, 4) is 5.75 Å². The minimum absolute atomic E-state index is 0.106. The van der Waals surface area contributed by atoms with Crippen LogP contribution in [0.25, 0.3) is 0 Å². The van der Waals surface area contributed by atoms with Crippen molar-refractivity contribution in [2.75, 3.05) is 40.1 Å². The Hall–Kier alpha value is -3.16. The van der Waals surface area contributed by atoms with E-state index in [1.807, 2.05) is 13.0 Å². The summed E-state index contributed by atoms with van der Waals surface area (Å²) in [6.07, 6.45) is 5.25. The van der Waals surface area contributed by atoms with Crippen molar-refractivity contribution in [2.24, 2.45) is 0 Å². The van der Waals surface area contributed by atoms with E-state index >= 15 is 0 Å². The van der Waals surface area contributed by atoms with Gasteiger partial charge in [-0.2, -0.15) is 0 Å². The molecule has 0 bridgehead atoms. The Kier molecular flexibility index (Phi) is 9.48. The van der Waals surface area contributed by atoms with Gasteiger partial charge in [-0.3, -0.25) is 9.59 Å². The molecule has 274 valence electrons. The van der Waals surface area contributed by atoms with Gasteiger partial charge in [0.05, 0.1) is 56.9 Å². The second-order valence-corrected chi connectivity index (χ2v) is 20.6. The van der Waals surface area contributed by atoms with Crippen molar-refractivity contribution in [3.63, 3.8) is 0 Å². The molecule has 1 N–H and O–H groups in total. The van der Waals surface area contributed by atoms with Gasteiger partial charge >= 0.3 is 0 Å². The van der Waals surface area contributed by atoms with E-state index in [4.69, 9.17) is 32.8 Å². The Bertz CT molecular complexity index is 1760. The van der Waals surface area contributed by atoms with Crippen LogP contribution in [0.3, 0.4) is 0 Å². The number of carbonyl (C=O) groups is 2. The maximum Gasteiger partial charge on any atom is 0.227 e. The molecule has 0 radical (unpaired) electrons. The van der Waals surface area contributed by atoms with Crippen molar-refractivity contribution in [2.45, 2.75) is 102 Å². The molecule has 10 nitrogen and oxygen atoms in total. The summed E-state index contributed by atoms with van der Waals surface area (Å²) in [5.41, 5.74) is 4.64. The van der Waals surface area contributed by atoms with Gasteiger partial charge in [-0.1, -0.05) is 53.7 Å². The van der Waals surface area contributed by atoms with Gasteiger partial charge in [0.1, 0.15) is 11.5 Å². The van der Waals surface area contributed by atoms with E-state index in [0.717, 1.165) is 11.1 Å². The van der Waals surface area contributed by atoms with Gasteiger partial charge in [-0.15, -0.1) is 0 Å². The number of aliphatic hydroxyl groups excluding tert-OH is 1. The molecule has 3 aliphatic heterocycles. The third kappa shape index (κ3) is 5.42. The zero-order valence-electron chi connectivity index (χ0n) is 30.9. The zero-order valence-corrected chi connectivity index (χ0v) is 31.9. The van der Waals surface area contributed by atoms with Crippen LogP contribution in [0.4, 0.5) is 0 Å². The zero-order chi connectivity index (χ0) is 36.5. The number of methoxy groups -OCH3 is 1. The minimum Gasteiger partial charge on any atom is -0.507 e. The molecule has 1 aromatic rings. The Morgan fingerprint density at radius 2 is 1.49 bits per heavy atom. The first-order valence-corrected chi connectivity index (χ1v) is 20.4. The third-order valence-electron chi connectivity index (χ3n) is 11.5. The molecule has 0 amide bonds. The normalized spacial score (nSPS) is 25.5. The Morgan fingerprint density at radius 3 is 2.10 bits per heavy atom. The van der Waals surface area contributed by atoms with Crippen molar-refractivity contribution < 1.29 is 47.5 Å². The van der Waals surface area contributed by atoms with E-state index in [1.165, 1.54) is 19.3 Å². The van der Waals surface area contributed by atoms with Crippen LogP contribution in [0, 0.1) is 0 Å². The number of hydrogen-bond acceptors (Lipinski definition) is 10. The number of fused-ring (bicyclic) bond motifs is 5. The standard InChI is InChI=1S/C40H50O10Si/c1-22(2)51(23(3)4,24(5)6)49-13-12-27-18-26-19-30-32(41)20-29(38(43)37(30)40(47-16-17-48-40)35(26)25(7)50-27)31-21-33(42)28-10-9-11-34(44-8)36(28)39(31)45-14-15-46-39/h9-11,19-25,27,43H,12-18H2,1-8H3/t25-,27?/m0/s1. The molecular weight excluding hydrogens is 669 g/mol. The number of carbonyl (C=O) groups excluding carboxylic acids is 2. The molecule has 6 aliphatic rings. The molecule has 1 aromatic carbocycles. The number of allylic oxidation sites excluding steroid dienone is 4. The fraction of sp³-hybridized carbons (Fsp3) is 0.550. The minimum atomic E-state index is -2.05. The van der Waals surface area contributed by atoms with E-state index in [9.17, 15) is 14.7 Å². The maximum absolute atomic E-state index is 14.2. The van der Waals surface area contributed by atoms with E-state index in [0.29, 0.717) is 52.9 Å². The predicted molar refractivity (Wildman–Crippen MR) is 192 cm³/mol. The second-order valence-electron chi connectivity index (χ2n) is 15.1. The van der Waals surface area contributed by atoms with Crippen LogP contribution in [0.5, 0.6) is 5.75 Å². The van der Waals surface area contributed by atoms with E-state index in [2.05, 4.69) is 41.5 Å². The number of rotatable bonds is 9. The Labute approximate surface area is 301 Å². The molecule has 3 heterocycles. The van der Waals surface area contributed by atoms with Crippen LogP contribution in [0.1, 0.15) is 77.2 Å². The summed E-state index contributed by atoms with van der Waals surface area (Å²) in [6, 6.07) is 5.14. The lowest BCUT2D eigenvalue weighted by molar-refractivity contribution is -0.134. The van der Waals surface area contributed by atoms with E-state index in [-0.39, 0.29) is 72.1 Å². The highest BCUT2D eigenvalue weighted by Gasteiger charge is 2.58. The molecule has 51 heavy (non-hydrogen) atoms. The molecule has 2 atom stereocenters. The van der Waals surface area contributed by atoms with Crippen LogP contribution in [0.15, 0.2) is 75.6 Å².